The molecule has 0 aliphatic carbocycles. The van der Waals surface area contributed by atoms with Crippen LogP contribution in [0.15, 0.2) is 30.7 Å². The molecule has 2 N–H and O–H groups in total. The van der Waals surface area contributed by atoms with Crippen molar-refractivity contribution in [1.29, 1.82) is 0 Å². The van der Waals surface area contributed by atoms with E-state index in [0.717, 1.165) is 11.4 Å². The van der Waals surface area contributed by atoms with Crippen molar-refractivity contribution in [3.63, 3.8) is 0 Å². The third-order valence-electron chi connectivity index (χ3n) is 2.83. The lowest BCUT2D eigenvalue weighted by Crippen LogP contribution is -2.18. The van der Waals surface area contributed by atoms with E-state index in [-0.39, 0.29) is 5.91 Å². The molecule has 0 radical (unpaired) electrons. The standard InChI is InChI=1S/C13H15ClN4O/c1-15-13(19)9-3-4-11(14)12(5-9)17-7-10-6-16-8-18(10)2/h3-6,8,17H,7H2,1-2H3,(H,15,19). The van der Waals surface area contributed by atoms with E-state index in [1.165, 1.54) is 0 Å². The van der Waals surface area contributed by atoms with Crippen LogP contribution in [0.1, 0.15) is 16.1 Å². The summed E-state index contributed by atoms with van der Waals surface area (Å²) in [5.74, 6) is -0.139. The lowest BCUT2D eigenvalue weighted by Gasteiger charge is -2.10. The molecule has 0 aliphatic rings. The van der Waals surface area contributed by atoms with E-state index >= 15 is 0 Å². The molecule has 1 aromatic heterocycles. The van der Waals surface area contributed by atoms with Crippen LogP contribution in [0.5, 0.6) is 0 Å². The number of carbonyl (C=O) groups is 1. The molecule has 2 aromatic rings. The molecule has 2 rings (SSSR count). The molecule has 100 valence electrons. The Morgan fingerprint density at radius 1 is 1.47 bits per heavy atom. The second-order valence-electron chi connectivity index (χ2n) is 4.12. The number of carbonyl (C=O) groups excluding carboxylic acids is 1. The molecule has 0 aliphatic heterocycles. The topological polar surface area (TPSA) is 59.0 Å². The Bertz CT molecular complexity index is 594. The maximum Gasteiger partial charge on any atom is 0.251 e. The zero-order valence-electron chi connectivity index (χ0n) is 10.8. The molecule has 6 heteroatoms. The number of aryl methyl sites for hydroxylation is 1. The summed E-state index contributed by atoms with van der Waals surface area (Å²) in [6, 6.07) is 5.13. The molecular formula is C13H15ClN4O. The summed E-state index contributed by atoms with van der Waals surface area (Å²) in [5.41, 5.74) is 2.32. The molecule has 0 saturated carbocycles. The van der Waals surface area contributed by atoms with E-state index in [1.807, 2.05) is 11.6 Å². The minimum Gasteiger partial charge on any atom is -0.378 e. The fourth-order valence-corrected chi connectivity index (χ4v) is 1.87. The second kappa shape index (κ2) is 5.75. The zero-order valence-corrected chi connectivity index (χ0v) is 11.5. The quantitative estimate of drug-likeness (QED) is 0.900. The number of imidazole rings is 1. The highest BCUT2D eigenvalue weighted by Gasteiger charge is 2.07. The van der Waals surface area contributed by atoms with Gasteiger partial charge in [0.15, 0.2) is 0 Å². The maximum absolute atomic E-state index is 11.6. The smallest absolute Gasteiger partial charge is 0.251 e. The van der Waals surface area contributed by atoms with E-state index in [0.29, 0.717) is 17.1 Å². The summed E-state index contributed by atoms with van der Waals surface area (Å²) in [6.07, 6.45) is 3.52. The molecule has 0 fully saturated rings. The number of hydrogen-bond acceptors (Lipinski definition) is 3. The highest BCUT2D eigenvalue weighted by atomic mass is 35.5. The van der Waals surface area contributed by atoms with Gasteiger partial charge >= 0.3 is 0 Å². The summed E-state index contributed by atoms with van der Waals surface area (Å²) in [6.45, 7) is 0.591. The summed E-state index contributed by atoms with van der Waals surface area (Å²) in [5, 5.41) is 6.36. The Kier molecular flexibility index (Phi) is 4.06. The Morgan fingerprint density at radius 2 is 2.26 bits per heavy atom. The number of anilines is 1. The SMILES string of the molecule is CNC(=O)c1ccc(Cl)c(NCc2cncn2C)c1. The van der Waals surface area contributed by atoms with Gasteiger partial charge in [-0.1, -0.05) is 11.6 Å². The highest BCUT2D eigenvalue weighted by molar-refractivity contribution is 6.33. The first-order chi connectivity index (χ1) is 9.11. The van der Waals surface area contributed by atoms with Crippen LogP contribution in [0, 0.1) is 0 Å². The average Bonchev–Trinajstić information content (AvgIpc) is 2.82. The fourth-order valence-electron chi connectivity index (χ4n) is 1.69. The Morgan fingerprint density at radius 3 is 2.89 bits per heavy atom. The zero-order chi connectivity index (χ0) is 13.8. The van der Waals surface area contributed by atoms with Crippen molar-refractivity contribution in [2.24, 2.45) is 7.05 Å². The fraction of sp³-hybridized carbons (Fsp3) is 0.231. The van der Waals surface area contributed by atoms with Crippen LogP contribution in [-0.2, 0) is 13.6 Å². The van der Waals surface area contributed by atoms with Crippen LogP contribution < -0.4 is 10.6 Å². The number of benzene rings is 1. The van der Waals surface area contributed by atoms with Gasteiger partial charge in [0.1, 0.15) is 0 Å². The van der Waals surface area contributed by atoms with Gasteiger partial charge in [-0.3, -0.25) is 4.79 Å². The second-order valence-corrected chi connectivity index (χ2v) is 4.53. The van der Waals surface area contributed by atoms with Gasteiger partial charge in [0.2, 0.25) is 0 Å². The van der Waals surface area contributed by atoms with Crippen molar-refractivity contribution in [3.8, 4) is 0 Å². The molecule has 0 bridgehead atoms. The van der Waals surface area contributed by atoms with Crippen LogP contribution in [0.4, 0.5) is 5.69 Å². The van der Waals surface area contributed by atoms with Crippen LogP contribution in [0.25, 0.3) is 0 Å². The minimum atomic E-state index is -0.139. The van der Waals surface area contributed by atoms with Crippen molar-refractivity contribution < 1.29 is 4.79 Å². The Balaban J connectivity index is 2.15. The maximum atomic E-state index is 11.6. The molecule has 1 aromatic carbocycles. The van der Waals surface area contributed by atoms with Gasteiger partial charge in [-0.15, -0.1) is 0 Å². The van der Waals surface area contributed by atoms with Crippen LogP contribution in [0.3, 0.4) is 0 Å². The van der Waals surface area contributed by atoms with Crippen molar-refractivity contribution in [3.05, 3.63) is 47.0 Å². The molecule has 1 amide bonds. The first kappa shape index (κ1) is 13.4. The van der Waals surface area contributed by atoms with E-state index in [4.69, 9.17) is 11.6 Å². The Labute approximate surface area is 116 Å². The van der Waals surface area contributed by atoms with Crippen LogP contribution >= 0.6 is 11.6 Å². The molecule has 5 nitrogen and oxygen atoms in total. The monoisotopic (exact) mass is 278 g/mol. The van der Waals surface area contributed by atoms with Gasteiger partial charge in [-0.05, 0) is 18.2 Å². The minimum absolute atomic E-state index is 0.139. The predicted molar refractivity (Wildman–Crippen MR) is 75.4 cm³/mol. The van der Waals surface area contributed by atoms with Gasteiger partial charge in [0, 0.05) is 25.9 Å². The number of amides is 1. The molecule has 0 spiro atoms. The third kappa shape index (κ3) is 3.06. The number of aromatic nitrogens is 2. The first-order valence-corrected chi connectivity index (χ1v) is 6.20. The first-order valence-electron chi connectivity index (χ1n) is 5.82. The van der Waals surface area contributed by atoms with Gasteiger partial charge in [-0.25, -0.2) is 4.98 Å². The highest BCUT2D eigenvalue weighted by Crippen LogP contribution is 2.23. The van der Waals surface area contributed by atoms with E-state index in [1.54, 1.807) is 37.8 Å². The predicted octanol–water partition coefficient (Wildman–Crippen LogP) is 2.05. The number of rotatable bonds is 4. The summed E-state index contributed by atoms with van der Waals surface area (Å²) in [4.78, 5) is 15.6. The molecule has 0 atom stereocenters. The van der Waals surface area contributed by atoms with Crippen molar-refractivity contribution in [2.45, 2.75) is 6.54 Å². The molecule has 0 saturated heterocycles. The normalized spacial score (nSPS) is 10.3. The third-order valence-corrected chi connectivity index (χ3v) is 3.16. The largest absolute Gasteiger partial charge is 0.378 e. The summed E-state index contributed by atoms with van der Waals surface area (Å²) in [7, 11) is 3.52. The van der Waals surface area contributed by atoms with Crippen LogP contribution in [0.2, 0.25) is 5.02 Å². The molecule has 0 unspecified atom stereocenters. The molecule has 1 heterocycles. The number of nitrogens with zero attached hydrogens (tertiary/aromatic N) is 2. The number of nitrogens with one attached hydrogen (secondary N) is 2. The molecular weight excluding hydrogens is 264 g/mol. The van der Waals surface area contributed by atoms with E-state index < -0.39 is 0 Å². The lowest BCUT2D eigenvalue weighted by atomic mass is 10.2. The molecule has 19 heavy (non-hydrogen) atoms. The lowest BCUT2D eigenvalue weighted by molar-refractivity contribution is 0.0963. The van der Waals surface area contributed by atoms with Gasteiger partial charge in [0.25, 0.3) is 5.91 Å². The Hall–Kier alpha value is -2.01. The number of halogens is 1. The number of hydrogen-bond donors (Lipinski definition) is 2. The van der Waals surface area contributed by atoms with Gasteiger partial charge in [-0.2, -0.15) is 0 Å². The van der Waals surface area contributed by atoms with E-state index in [2.05, 4.69) is 15.6 Å². The van der Waals surface area contributed by atoms with Crippen molar-refractivity contribution >= 4 is 23.2 Å². The van der Waals surface area contributed by atoms with Crippen LogP contribution in [-0.4, -0.2) is 22.5 Å². The van der Waals surface area contributed by atoms with Gasteiger partial charge in [0.05, 0.1) is 29.3 Å². The van der Waals surface area contributed by atoms with E-state index in [9.17, 15) is 4.79 Å². The van der Waals surface area contributed by atoms with Gasteiger partial charge < -0.3 is 15.2 Å². The summed E-state index contributed by atoms with van der Waals surface area (Å²) >= 11 is 6.11. The average molecular weight is 279 g/mol. The summed E-state index contributed by atoms with van der Waals surface area (Å²) < 4.78 is 1.92. The van der Waals surface area contributed by atoms with Crippen molar-refractivity contribution in [2.75, 3.05) is 12.4 Å². The van der Waals surface area contributed by atoms with Crippen molar-refractivity contribution in [1.82, 2.24) is 14.9 Å².